The first kappa shape index (κ1) is 33.6. The van der Waals surface area contributed by atoms with E-state index in [1.807, 2.05) is 19.1 Å². The molecule has 0 aliphatic carbocycles. The van der Waals surface area contributed by atoms with Crippen molar-refractivity contribution >= 4 is 27.6 Å². The summed E-state index contributed by atoms with van der Waals surface area (Å²) in [5.41, 5.74) is 9.40. The Bertz CT molecular complexity index is 1700. The van der Waals surface area contributed by atoms with E-state index in [1.165, 1.54) is 60.5 Å². The van der Waals surface area contributed by atoms with Gasteiger partial charge in [-0.1, -0.05) is 136 Å². The van der Waals surface area contributed by atoms with Crippen molar-refractivity contribution in [2.75, 3.05) is 0 Å². The van der Waals surface area contributed by atoms with Crippen molar-refractivity contribution < 1.29 is 0 Å². The van der Waals surface area contributed by atoms with Crippen LogP contribution in [-0.4, -0.2) is 0 Å². The summed E-state index contributed by atoms with van der Waals surface area (Å²) in [5, 5.41) is 5.31. The van der Waals surface area contributed by atoms with Crippen molar-refractivity contribution in [3.8, 4) is 23.5 Å². The van der Waals surface area contributed by atoms with Crippen molar-refractivity contribution in [1.82, 2.24) is 0 Å². The van der Waals surface area contributed by atoms with Crippen LogP contribution in [0.3, 0.4) is 0 Å². The Balaban J connectivity index is 0.000000543. The monoisotopic (exact) mass is 550 g/mol. The summed E-state index contributed by atoms with van der Waals surface area (Å²) in [7, 11) is 0. The SMILES string of the molecule is C.C#C/C=C\C.C=CCC.Cc1ccccc1-c1c(C)cccc1C/C=C\c1c(C)c2ccccc2c2ccccc12. The minimum absolute atomic E-state index is 0. The summed E-state index contributed by atoms with van der Waals surface area (Å²) >= 11 is 0. The average molecular weight is 551 g/mol. The maximum absolute atomic E-state index is 4.80. The van der Waals surface area contributed by atoms with Crippen LogP contribution in [0.5, 0.6) is 0 Å². The van der Waals surface area contributed by atoms with Gasteiger partial charge in [-0.2, -0.15) is 0 Å². The van der Waals surface area contributed by atoms with Crippen molar-refractivity contribution in [2.24, 2.45) is 0 Å². The Kier molecular flexibility index (Phi) is 13.8. The van der Waals surface area contributed by atoms with Gasteiger partial charge in [0.15, 0.2) is 0 Å². The highest BCUT2D eigenvalue weighted by molar-refractivity contribution is 6.12. The van der Waals surface area contributed by atoms with Crippen LogP contribution in [0.2, 0.25) is 0 Å². The van der Waals surface area contributed by atoms with Gasteiger partial charge in [0.2, 0.25) is 0 Å². The molecule has 0 heterocycles. The Morgan fingerprint density at radius 2 is 1.29 bits per heavy atom. The molecule has 0 aliphatic heterocycles. The zero-order valence-electron chi connectivity index (χ0n) is 25.2. The van der Waals surface area contributed by atoms with E-state index in [9.17, 15) is 0 Å². The highest BCUT2D eigenvalue weighted by Gasteiger charge is 2.11. The first-order chi connectivity index (χ1) is 20.0. The number of hydrogen-bond donors (Lipinski definition) is 0. The van der Waals surface area contributed by atoms with E-state index >= 15 is 0 Å². The molecule has 0 unspecified atom stereocenters. The molecule has 0 saturated carbocycles. The van der Waals surface area contributed by atoms with Crippen LogP contribution in [0.15, 0.2) is 122 Å². The van der Waals surface area contributed by atoms with E-state index in [2.05, 4.69) is 143 Å². The van der Waals surface area contributed by atoms with E-state index in [-0.39, 0.29) is 7.43 Å². The summed E-state index contributed by atoms with van der Waals surface area (Å²) in [6, 6.07) is 32.9. The lowest BCUT2D eigenvalue weighted by molar-refractivity contribution is 1.23. The Morgan fingerprint density at radius 3 is 1.86 bits per heavy atom. The molecule has 0 amide bonds. The fourth-order valence-corrected chi connectivity index (χ4v) is 5.10. The van der Waals surface area contributed by atoms with Crippen LogP contribution in [0, 0.1) is 33.1 Å². The molecule has 0 radical (unpaired) electrons. The second-order valence-electron chi connectivity index (χ2n) is 10.0. The van der Waals surface area contributed by atoms with Gasteiger partial charge in [0.05, 0.1) is 0 Å². The lowest BCUT2D eigenvalue weighted by Crippen LogP contribution is -1.94. The summed E-state index contributed by atoms with van der Waals surface area (Å²) < 4.78 is 0. The first-order valence-electron chi connectivity index (χ1n) is 14.4. The van der Waals surface area contributed by atoms with Crippen LogP contribution >= 0.6 is 0 Å². The summed E-state index contributed by atoms with van der Waals surface area (Å²) in [5.74, 6) is 2.34. The van der Waals surface area contributed by atoms with Gasteiger partial charge in [0.25, 0.3) is 0 Å². The number of benzene rings is 5. The van der Waals surface area contributed by atoms with Gasteiger partial charge in [-0.3, -0.25) is 0 Å². The third-order valence-electron chi connectivity index (χ3n) is 7.19. The van der Waals surface area contributed by atoms with Crippen molar-refractivity contribution in [3.05, 3.63) is 150 Å². The molecule has 5 aromatic carbocycles. The number of aryl methyl sites for hydroxylation is 3. The number of terminal acetylenes is 1. The predicted octanol–water partition coefficient (Wildman–Crippen LogP) is 12.3. The third kappa shape index (κ3) is 8.22. The minimum atomic E-state index is 0. The molecular weight excluding hydrogens is 504 g/mol. The van der Waals surface area contributed by atoms with Gasteiger partial charge in [0.1, 0.15) is 0 Å². The number of fused-ring (bicyclic) bond motifs is 3. The van der Waals surface area contributed by atoms with Crippen LogP contribution in [-0.2, 0) is 6.42 Å². The zero-order chi connectivity index (χ0) is 29.6. The molecule has 0 heteroatoms. The molecule has 214 valence electrons. The van der Waals surface area contributed by atoms with Crippen molar-refractivity contribution in [1.29, 1.82) is 0 Å². The van der Waals surface area contributed by atoms with Gasteiger partial charge >= 0.3 is 0 Å². The van der Waals surface area contributed by atoms with Crippen LogP contribution in [0.1, 0.15) is 55.5 Å². The molecule has 5 aromatic rings. The summed E-state index contributed by atoms with van der Waals surface area (Å²) in [6.07, 6.45) is 16.8. The van der Waals surface area contributed by atoms with E-state index in [0.717, 1.165) is 12.8 Å². The molecular formula is C42H46. The second-order valence-corrected chi connectivity index (χ2v) is 10.0. The molecule has 0 bridgehead atoms. The van der Waals surface area contributed by atoms with E-state index in [4.69, 9.17) is 6.42 Å². The minimum Gasteiger partial charge on any atom is -0.115 e. The second kappa shape index (κ2) is 17.3. The van der Waals surface area contributed by atoms with Gasteiger partial charge in [-0.25, -0.2) is 0 Å². The van der Waals surface area contributed by atoms with Crippen LogP contribution in [0.25, 0.3) is 38.7 Å². The Morgan fingerprint density at radius 1 is 0.738 bits per heavy atom. The molecule has 42 heavy (non-hydrogen) atoms. The zero-order valence-corrected chi connectivity index (χ0v) is 25.2. The standard InChI is InChI=1S/C32H28.C5H6.C4H8.CH4/c1-22-12-4-5-16-26(22)32-23(2)13-10-14-25(32)15-11-21-28-24(3)27-17-6-7-18-29(27)31-20-9-8-19-30(28)31;1-3-5-4-2;1-3-4-2;/h4-14,16-21H,15H2,1-3H3;1,4-5H,2H3;3H,1,4H2,2H3;1H4/b21-11-;5-4-;;. The molecule has 0 N–H and O–H groups in total. The van der Waals surface area contributed by atoms with Gasteiger partial charge in [-0.05, 0) is 107 Å². The number of rotatable bonds is 5. The highest BCUT2D eigenvalue weighted by atomic mass is 14.2. The molecule has 0 spiro atoms. The quantitative estimate of drug-likeness (QED) is 0.116. The molecule has 0 aromatic heterocycles. The summed E-state index contributed by atoms with van der Waals surface area (Å²) in [4.78, 5) is 0. The number of hydrogen-bond acceptors (Lipinski definition) is 0. The Labute approximate surface area is 255 Å². The molecule has 0 fully saturated rings. The maximum Gasteiger partial charge on any atom is -0.00878 e. The average Bonchev–Trinajstić information content (AvgIpc) is 3.00. The molecule has 5 rings (SSSR count). The van der Waals surface area contributed by atoms with Crippen LogP contribution < -0.4 is 0 Å². The van der Waals surface area contributed by atoms with Gasteiger partial charge in [0, 0.05) is 0 Å². The lowest BCUT2D eigenvalue weighted by Gasteiger charge is -2.15. The molecule has 0 nitrogen and oxygen atoms in total. The lowest BCUT2D eigenvalue weighted by atomic mass is 9.90. The maximum atomic E-state index is 4.80. The van der Waals surface area contributed by atoms with E-state index in [0.29, 0.717) is 0 Å². The third-order valence-corrected chi connectivity index (χ3v) is 7.19. The van der Waals surface area contributed by atoms with Gasteiger partial charge < -0.3 is 0 Å². The predicted molar refractivity (Wildman–Crippen MR) is 191 cm³/mol. The van der Waals surface area contributed by atoms with Crippen LogP contribution in [0.4, 0.5) is 0 Å². The van der Waals surface area contributed by atoms with E-state index in [1.54, 1.807) is 6.08 Å². The van der Waals surface area contributed by atoms with E-state index < -0.39 is 0 Å². The Hall–Kier alpha value is -4.60. The smallest absolute Gasteiger partial charge is 0.00878 e. The van der Waals surface area contributed by atoms with Crippen molar-refractivity contribution in [3.63, 3.8) is 0 Å². The normalized spacial score (nSPS) is 10.4. The molecule has 0 saturated heterocycles. The molecule has 0 atom stereocenters. The fraction of sp³-hybridized carbons (Fsp3) is 0.190. The number of allylic oxidation sites excluding steroid dienone is 4. The van der Waals surface area contributed by atoms with Crippen molar-refractivity contribution in [2.45, 2.75) is 54.9 Å². The fourth-order valence-electron chi connectivity index (χ4n) is 5.10. The topological polar surface area (TPSA) is 0 Å². The first-order valence-corrected chi connectivity index (χ1v) is 14.4. The van der Waals surface area contributed by atoms with Gasteiger partial charge in [-0.15, -0.1) is 13.0 Å². The summed E-state index contributed by atoms with van der Waals surface area (Å²) in [6.45, 7) is 14.1. The largest absolute Gasteiger partial charge is 0.115 e. The highest BCUT2D eigenvalue weighted by Crippen LogP contribution is 2.34. The molecule has 0 aliphatic rings.